The Morgan fingerprint density at radius 2 is 1.90 bits per heavy atom. The van der Waals surface area contributed by atoms with Crippen LogP contribution < -0.4 is 10.9 Å². The molecule has 0 spiro atoms. The highest BCUT2D eigenvalue weighted by Gasteiger charge is 2.30. The summed E-state index contributed by atoms with van der Waals surface area (Å²) in [7, 11) is 0. The van der Waals surface area contributed by atoms with E-state index >= 15 is 0 Å². The molecule has 1 aromatic carbocycles. The van der Waals surface area contributed by atoms with Crippen LogP contribution in [0, 0.1) is 13.8 Å². The minimum absolute atomic E-state index is 0.0436. The van der Waals surface area contributed by atoms with Gasteiger partial charge < -0.3 is 5.32 Å². The number of halogens is 3. The van der Waals surface area contributed by atoms with Gasteiger partial charge >= 0.3 is 6.18 Å². The molecule has 3 rings (SSSR count). The molecule has 30 heavy (non-hydrogen) atoms. The van der Waals surface area contributed by atoms with Crippen molar-refractivity contribution >= 4 is 5.91 Å². The highest BCUT2D eigenvalue weighted by molar-refractivity contribution is 5.93. The van der Waals surface area contributed by atoms with Gasteiger partial charge in [0, 0.05) is 35.7 Å². The maximum atomic E-state index is 13.1. The lowest BCUT2D eigenvalue weighted by Crippen LogP contribution is -2.33. The monoisotopic (exact) mass is 418 g/mol. The molecular weight excluding hydrogens is 397 g/mol. The highest BCUT2D eigenvalue weighted by Crippen LogP contribution is 2.30. The maximum Gasteiger partial charge on any atom is 0.416 e. The fraction of sp³-hybridized carbons (Fsp3) is 0.286. The van der Waals surface area contributed by atoms with Crippen molar-refractivity contribution in [3.05, 3.63) is 81.0 Å². The van der Waals surface area contributed by atoms with E-state index in [0.717, 1.165) is 28.0 Å². The molecule has 6 nitrogen and oxygen atoms in total. The second-order valence-electron chi connectivity index (χ2n) is 6.83. The van der Waals surface area contributed by atoms with Crippen LogP contribution in [-0.2, 0) is 19.3 Å². The van der Waals surface area contributed by atoms with E-state index in [1.54, 1.807) is 17.8 Å². The van der Waals surface area contributed by atoms with Crippen LogP contribution in [0.4, 0.5) is 13.2 Å². The fourth-order valence-electron chi connectivity index (χ4n) is 3.19. The van der Waals surface area contributed by atoms with Gasteiger partial charge in [0.1, 0.15) is 5.56 Å². The first kappa shape index (κ1) is 21.4. The van der Waals surface area contributed by atoms with Crippen molar-refractivity contribution in [2.24, 2.45) is 0 Å². The first-order valence-electron chi connectivity index (χ1n) is 9.33. The Hall–Kier alpha value is -3.36. The summed E-state index contributed by atoms with van der Waals surface area (Å²) in [5.41, 5.74) is 0.465. The minimum atomic E-state index is -4.54. The number of nitrogens with one attached hydrogen (secondary N) is 1. The molecule has 0 unspecified atom stereocenters. The third kappa shape index (κ3) is 4.14. The molecule has 3 aromatic rings. The van der Waals surface area contributed by atoms with Crippen molar-refractivity contribution in [1.29, 1.82) is 0 Å². The summed E-state index contributed by atoms with van der Waals surface area (Å²) in [5.74, 6) is -0.607. The van der Waals surface area contributed by atoms with Crippen molar-refractivity contribution in [3.8, 4) is 5.69 Å². The number of rotatable bonds is 5. The average molecular weight is 418 g/mol. The van der Waals surface area contributed by atoms with Gasteiger partial charge in [0.05, 0.1) is 11.8 Å². The molecular formula is C21H21F3N4O2. The van der Waals surface area contributed by atoms with Gasteiger partial charge in [0.25, 0.3) is 11.5 Å². The van der Waals surface area contributed by atoms with E-state index in [4.69, 9.17) is 0 Å². The number of nitrogens with zero attached hydrogens (tertiary/aromatic N) is 3. The predicted octanol–water partition coefficient (Wildman–Crippen LogP) is 3.62. The molecule has 2 aromatic heterocycles. The molecule has 0 aliphatic heterocycles. The number of amides is 1. The van der Waals surface area contributed by atoms with Crippen molar-refractivity contribution in [2.45, 2.75) is 40.0 Å². The Morgan fingerprint density at radius 3 is 2.53 bits per heavy atom. The normalized spacial score (nSPS) is 11.5. The number of carbonyl (C=O) groups excluding carboxylic acids is 1. The zero-order chi connectivity index (χ0) is 22.1. The van der Waals surface area contributed by atoms with E-state index in [-0.39, 0.29) is 17.8 Å². The lowest BCUT2D eigenvalue weighted by Gasteiger charge is -2.14. The Labute approximate surface area is 171 Å². The van der Waals surface area contributed by atoms with E-state index in [9.17, 15) is 22.8 Å². The molecule has 1 N–H and O–H groups in total. The third-order valence-electron chi connectivity index (χ3n) is 4.90. The first-order valence-corrected chi connectivity index (χ1v) is 9.33. The van der Waals surface area contributed by atoms with Gasteiger partial charge in [-0.05, 0) is 51.1 Å². The van der Waals surface area contributed by atoms with Crippen molar-refractivity contribution in [3.63, 3.8) is 0 Å². The summed E-state index contributed by atoms with van der Waals surface area (Å²) in [4.78, 5) is 25.5. The molecule has 0 bridgehead atoms. The molecule has 0 saturated heterocycles. The molecule has 0 atom stereocenters. The van der Waals surface area contributed by atoms with Crippen LogP contribution in [0.15, 0.2) is 47.4 Å². The fourth-order valence-corrected chi connectivity index (χ4v) is 3.19. The molecule has 1 amide bonds. The maximum absolute atomic E-state index is 13.1. The van der Waals surface area contributed by atoms with Crippen LogP contribution >= 0.6 is 0 Å². The second-order valence-corrected chi connectivity index (χ2v) is 6.83. The van der Waals surface area contributed by atoms with E-state index in [2.05, 4.69) is 10.4 Å². The van der Waals surface area contributed by atoms with E-state index in [1.165, 1.54) is 24.3 Å². The third-order valence-corrected chi connectivity index (χ3v) is 4.90. The van der Waals surface area contributed by atoms with Crippen LogP contribution in [0.25, 0.3) is 5.69 Å². The van der Waals surface area contributed by atoms with Gasteiger partial charge in [0.15, 0.2) is 0 Å². The van der Waals surface area contributed by atoms with Gasteiger partial charge in [-0.1, -0.05) is 6.07 Å². The molecule has 9 heteroatoms. The highest BCUT2D eigenvalue weighted by atomic mass is 19.4. The van der Waals surface area contributed by atoms with Crippen molar-refractivity contribution < 1.29 is 18.0 Å². The topological polar surface area (TPSA) is 68.9 Å². The van der Waals surface area contributed by atoms with Gasteiger partial charge in [0.2, 0.25) is 0 Å². The largest absolute Gasteiger partial charge is 0.416 e. The number of hydrogen-bond acceptors (Lipinski definition) is 3. The van der Waals surface area contributed by atoms with Gasteiger partial charge in [-0.2, -0.15) is 18.3 Å². The molecule has 2 heterocycles. The van der Waals surface area contributed by atoms with Gasteiger partial charge in [-0.25, -0.2) is 0 Å². The summed E-state index contributed by atoms with van der Waals surface area (Å²) in [6.45, 7) is 6.29. The number of carbonyl (C=O) groups is 1. The first-order chi connectivity index (χ1) is 14.1. The van der Waals surface area contributed by atoms with Crippen LogP contribution in [0.3, 0.4) is 0 Å². The van der Waals surface area contributed by atoms with Crippen LogP contribution in [0.1, 0.15) is 39.8 Å². The van der Waals surface area contributed by atoms with E-state index in [1.807, 2.05) is 13.8 Å². The quantitative estimate of drug-likeness (QED) is 0.688. The Balaban J connectivity index is 1.92. The summed E-state index contributed by atoms with van der Waals surface area (Å²) in [5, 5.41) is 6.89. The summed E-state index contributed by atoms with van der Waals surface area (Å²) < 4.78 is 42.1. The Kier molecular flexibility index (Phi) is 5.82. The lowest BCUT2D eigenvalue weighted by molar-refractivity contribution is -0.137. The van der Waals surface area contributed by atoms with Crippen LogP contribution in [0.2, 0.25) is 0 Å². The summed E-state index contributed by atoms with van der Waals surface area (Å²) >= 11 is 0. The molecule has 0 fully saturated rings. The zero-order valence-electron chi connectivity index (χ0n) is 16.7. The predicted molar refractivity (Wildman–Crippen MR) is 106 cm³/mol. The number of hydrogen-bond donors (Lipinski definition) is 1. The van der Waals surface area contributed by atoms with E-state index in [0.29, 0.717) is 12.2 Å². The minimum Gasteiger partial charge on any atom is -0.348 e. The smallest absolute Gasteiger partial charge is 0.348 e. The van der Waals surface area contributed by atoms with Crippen molar-refractivity contribution in [1.82, 2.24) is 19.7 Å². The molecule has 0 radical (unpaired) electrons. The Bertz CT molecular complexity index is 1150. The number of aryl methyl sites for hydroxylation is 2. The number of alkyl halides is 3. The van der Waals surface area contributed by atoms with Gasteiger partial charge in [-0.15, -0.1) is 0 Å². The SMILES string of the molecule is CCn1ncc(CNC(=O)c2ccc(C)n(-c3cccc(C(F)(F)F)c3)c2=O)c1C. The zero-order valence-corrected chi connectivity index (χ0v) is 16.7. The van der Waals surface area contributed by atoms with E-state index < -0.39 is 23.2 Å². The number of pyridine rings is 1. The van der Waals surface area contributed by atoms with Crippen LogP contribution in [0.5, 0.6) is 0 Å². The molecule has 158 valence electrons. The molecule has 0 saturated carbocycles. The van der Waals surface area contributed by atoms with Gasteiger partial charge in [-0.3, -0.25) is 18.8 Å². The molecule has 0 aliphatic carbocycles. The average Bonchev–Trinajstić information content (AvgIpc) is 3.05. The molecule has 0 aliphatic rings. The Morgan fingerprint density at radius 1 is 1.17 bits per heavy atom. The number of aromatic nitrogens is 3. The number of benzene rings is 1. The summed E-state index contributed by atoms with van der Waals surface area (Å²) in [6.07, 6.45) is -2.89. The standard InChI is InChI=1S/C21H21F3N4O2/c1-4-27-14(3)15(12-26-27)11-25-19(29)18-9-8-13(2)28(20(18)30)17-7-5-6-16(10-17)21(22,23)24/h5-10,12H,4,11H2,1-3H3,(H,25,29). The van der Waals surface area contributed by atoms with Crippen molar-refractivity contribution in [2.75, 3.05) is 0 Å². The van der Waals surface area contributed by atoms with Crippen LogP contribution in [-0.4, -0.2) is 20.3 Å². The second kappa shape index (κ2) is 8.17. The lowest BCUT2D eigenvalue weighted by atomic mass is 10.1. The summed E-state index contributed by atoms with van der Waals surface area (Å²) in [6, 6.07) is 7.34.